The van der Waals surface area contributed by atoms with Crippen LogP contribution in [0.4, 0.5) is 15.9 Å². The van der Waals surface area contributed by atoms with E-state index >= 15 is 0 Å². The zero-order valence-corrected chi connectivity index (χ0v) is 14.1. The molecule has 23 heavy (non-hydrogen) atoms. The van der Waals surface area contributed by atoms with Crippen LogP contribution in [0.2, 0.25) is 5.02 Å². The molecule has 7 heteroatoms. The Kier molecular flexibility index (Phi) is 5.13. The van der Waals surface area contributed by atoms with Crippen LogP contribution in [-0.4, -0.2) is 14.9 Å². The lowest BCUT2D eigenvalue weighted by molar-refractivity contribution is 0.333. The summed E-state index contributed by atoms with van der Waals surface area (Å²) in [7, 11) is 0. The SMILES string of the molecule is Fc1ccc(NC(=S)Nc2ccnn2C2CCCCC2)cc1Cl. The number of hydrogen-bond donors (Lipinski definition) is 2. The minimum absolute atomic E-state index is 0.0602. The molecule has 1 fully saturated rings. The van der Waals surface area contributed by atoms with Gasteiger partial charge in [0.05, 0.1) is 17.3 Å². The number of nitrogens with one attached hydrogen (secondary N) is 2. The third-order valence-electron chi connectivity index (χ3n) is 4.01. The highest BCUT2D eigenvalue weighted by atomic mass is 35.5. The summed E-state index contributed by atoms with van der Waals surface area (Å²) in [6.45, 7) is 0. The third kappa shape index (κ3) is 4.00. The first-order valence-corrected chi connectivity index (χ1v) is 8.48. The number of rotatable bonds is 3. The average molecular weight is 353 g/mol. The van der Waals surface area contributed by atoms with Crippen LogP contribution in [0.25, 0.3) is 0 Å². The van der Waals surface area contributed by atoms with Crippen molar-refractivity contribution < 1.29 is 4.39 Å². The van der Waals surface area contributed by atoms with Crippen molar-refractivity contribution in [1.29, 1.82) is 0 Å². The molecule has 122 valence electrons. The molecule has 0 amide bonds. The fraction of sp³-hybridized carbons (Fsp3) is 0.375. The first-order chi connectivity index (χ1) is 11.1. The van der Waals surface area contributed by atoms with E-state index in [2.05, 4.69) is 15.7 Å². The molecular formula is C16H18ClFN4S. The van der Waals surface area contributed by atoms with E-state index in [1.807, 2.05) is 10.7 Å². The second kappa shape index (κ2) is 7.27. The molecule has 0 aliphatic heterocycles. The number of halogens is 2. The van der Waals surface area contributed by atoms with E-state index in [4.69, 9.17) is 23.8 Å². The molecule has 4 nitrogen and oxygen atoms in total. The lowest BCUT2D eigenvalue weighted by Crippen LogP contribution is -2.23. The Labute approximate surface area is 145 Å². The lowest BCUT2D eigenvalue weighted by Gasteiger charge is -2.24. The first-order valence-electron chi connectivity index (χ1n) is 7.70. The van der Waals surface area contributed by atoms with Crippen LogP contribution in [0.3, 0.4) is 0 Å². The summed E-state index contributed by atoms with van der Waals surface area (Å²) in [5.74, 6) is 0.411. The van der Waals surface area contributed by atoms with Crippen molar-refractivity contribution in [2.24, 2.45) is 0 Å². The van der Waals surface area contributed by atoms with Gasteiger partial charge < -0.3 is 10.6 Å². The number of thiocarbonyl (C=S) groups is 1. The largest absolute Gasteiger partial charge is 0.332 e. The molecule has 1 heterocycles. The lowest BCUT2D eigenvalue weighted by atomic mass is 9.96. The van der Waals surface area contributed by atoms with Gasteiger partial charge in [-0.1, -0.05) is 30.9 Å². The number of hydrogen-bond acceptors (Lipinski definition) is 2. The topological polar surface area (TPSA) is 41.9 Å². The van der Waals surface area contributed by atoms with Crippen molar-refractivity contribution in [2.45, 2.75) is 38.1 Å². The molecule has 0 spiro atoms. The fourth-order valence-corrected chi connectivity index (χ4v) is 3.29. The molecule has 1 aliphatic carbocycles. The molecule has 0 saturated heterocycles. The van der Waals surface area contributed by atoms with E-state index in [0.717, 1.165) is 18.7 Å². The summed E-state index contributed by atoms with van der Waals surface area (Å²) in [6, 6.07) is 6.72. The van der Waals surface area contributed by atoms with E-state index in [9.17, 15) is 4.39 Å². The maximum atomic E-state index is 13.2. The summed E-state index contributed by atoms with van der Waals surface area (Å²) in [5, 5.41) is 11.1. The van der Waals surface area contributed by atoms with Gasteiger partial charge in [0.15, 0.2) is 5.11 Å². The summed E-state index contributed by atoms with van der Waals surface area (Å²) in [4.78, 5) is 0. The van der Waals surface area contributed by atoms with Gasteiger partial charge in [-0.15, -0.1) is 0 Å². The standard InChI is InChI=1S/C16H18ClFN4S/c17-13-10-11(6-7-14(13)18)20-16(23)21-15-8-9-19-22(15)12-4-2-1-3-5-12/h6-10,12H,1-5H2,(H2,20,21,23). The zero-order chi connectivity index (χ0) is 16.2. The van der Waals surface area contributed by atoms with Gasteiger partial charge in [-0.2, -0.15) is 5.10 Å². The van der Waals surface area contributed by atoms with Crippen molar-refractivity contribution in [3.63, 3.8) is 0 Å². The highest BCUT2D eigenvalue weighted by Gasteiger charge is 2.18. The summed E-state index contributed by atoms with van der Waals surface area (Å²) in [6.07, 6.45) is 7.83. The second-order valence-electron chi connectivity index (χ2n) is 5.66. The Morgan fingerprint density at radius 2 is 2.00 bits per heavy atom. The third-order valence-corrected chi connectivity index (χ3v) is 4.50. The van der Waals surface area contributed by atoms with E-state index in [1.54, 1.807) is 12.3 Å². The van der Waals surface area contributed by atoms with E-state index in [-0.39, 0.29) is 5.02 Å². The predicted octanol–water partition coefficient (Wildman–Crippen LogP) is 4.99. The number of anilines is 2. The molecule has 1 aliphatic rings. The Morgan fingerprint density at radius 1 is 1.22 bits per heavy atom. The van der Waals surface area contributed by atoms with Gasteiger partial charge in [-0.25, -0.2) is 9.07 Å². The monoisotopic (exact) mass is 352 g/mol. The second-order valence-corrected chi connectivity index (χ2v) is 6.48. The van der Waals surface area contributed by atoms with Gasteiger partial charge in [0.25, 0.3) is 0 Å². The molecule has 0 atom stereocenters. The summed E-state index contributed by atoms with van der Waals surface area (Å²) < 4.78 is 15.2. The number of aromatic nitrogens is 2. The maximum absolute atomic E-state index is 13.2. The molecule has 0 unspecified atom stereocenters. The van der Waals surface area contributed by atoms with Crippen molar-refractivity contribution in [1.82, 2.24) is 9.78 Å². The normalized spacial score (nSPS) is 15.4. The highest BCUT2D eigenvalue weighted by Crippen LogP contribution is 2.30. The maximum Gasteiger partial charge on any atom is 0.176 e. The molecule has 1 saturated carbocycles. The van der Waals surface area contributed by atoms with Crippen LogP contribution < -0.4 is 10.6 Å². The van der Waals surface area contributed by atoms with Gasteiger partial charge in [-0.05, 0) is 43.3 Å². The Balaban J connectivity index is 1.66. The predicted molar refractivity (Wildman–Crippen MR) is 95.6 cm³/mol. The molecule has 2 N–H and O–H groups in total. The molecule has 3 rings (SSSR count). The number of nitrogens with zero attached hydrogens (tertiary/aromatic N) is 2. The summed E-state index contributed by atoms with van der Waals surface area (Å²) >= 11 is 11.1. The molecule has 1 aromatic carbocycles. The van der Waals surface area contributed by atoms with Crippen molar-refractivity contribution in [3.8, 4) is 0 Å². The van der Waals surface area contributed by atoms with Gasteiger partial charge in [-0.3, -0.25) is 0 Å². The van der Waals surface area contributed by atoms with Crippen molar-refractivity contribution in [3.05, 3.63) is 41.3 Å². The minimum Gasteiger partial charge on any atom is -0.332 e. The van der Waals surface area contributed by atoms with Gasteiger partial charge in [0, 0.05) is 11.8 Å². The zero-order valence-electron chi connectivity index (χ0n) is 12.6. The highest BCUT2D eigenvalue weighted by molar-refractivity contribution is 7.80. The van der Waals surface area contributed by atoms with Gasteiger partial charge in [0.2, 0.25) is 0 Å². The van der Waals surface area contributed by atoms with Gasteiger partial charge >= 0.3 is 0 Å². The van der Waals surface area contributed by atoms with Crippen LogP contribution >= 0.6 is 23.8 Å². The first kappa shape index (κ1) is 16.2. The van der Waals surface area contributed by atoms with Crippen molar-refractivity contribution in [2.75, 3.05) is 10.6 Å². The van der Waals surface area contributed by atoms with E-state index in [1.165, 1.54) is 31.4 Å². The fourth-order valence-electron chi connectivity index (χ4n) is 2.88. The smallest absolute Gasteiger partial charge is 0.176 e. The molecule has 2 aromatic rings. The minimum atomic E-state index is -0.452. The Bertz CT molecular complexity index is 697. The van der Waals surface area contributed by atoms with Crippen LogP contribution in [0, 0.1) is 5.82 Å². The van der Waals surface area contributed by atoms with E-state index in [0.29, 0.717) is 16.8 Å². The van der Waals surface area contributed by atoms with Crippen molar-refractivity contribution >= 4 is 40.4 Å². The summed E-state index contributed by atoms with van der Waals surface area (Å²) in [5.41, 5.74) is 0.637. The molecule has 0 radical (unpaired) electrons. The molecule has 0 bridgehead atoms. The van der Waals surface area contributed by atoms with Crippen LogP contribution in [0.15, 0.2) is 30.5 Å². The Hall–Kier alpha value is -1.66. The van der Waals surface area contributed by atoms with Crippen LogP contribution in [0.1, 0.15) is 38.1 Å². The molecular weight excluding hydrogens is 335 g/mol. The van der Waals surface area contributed by atoms with E-state index < -0.39 is 5.82 Å². The number of benzene rings is 1. The quantitative estimate of drug-likeness (QED) is 0.763. The molecule has 1 aromatic heterocycles. The van der Waals surface area contributed by atoms with Crippen LogP contribution in [0.5, 0.6) is 0 Å². The Morgan fingerprint density at radius 3 is 2.74 bits per heavy atom. The van der Waals surface area contributed by atoms with Gasteiger partial charge in [0.1, 0.15) is 11.6 Å². The van der Waals surface area contributed by atoms with Crippen LogP contribution in [-0.2, 0) is 0 Å². The average Bonchev–Trinajstić information content (AvgIpc) is 3.00.